The van der Waals surface area contributed by atoms with Gasteiger partial charge in [0.2, 0.25) is 0 Å². The number of carbonyl (C=O) groups is 1. The summed E-state index contributed by atoms with van der Waals surface area (Å²) in [5, 5.41) is 5.44. The number of hydrogen-bond donors (Lipinski definition) is 1. The summed E-state index contributed by atoms with van der Waals surface area (Å²) < 4.78 is 23.9. The standard InChI is InChI=1S/C26H23FN2O3S/c1-31-22-10-4-18(5-11-22)14-15-28-25(30)24-17-33-26(29-24)20-6-12-23(13-7-20)32-16-19-2-8-21(27)9-3-19/h2-13,17H,14-16H2,1H3,(H,28,30). The number of amides is 1. The Morgan fingerprint density at radius 2 is 1.61 bits per heavy atom. The number of thiazole rings is 1. The SMILES string of the molecule is COc1ccc(CCNC(=O)c2csc(-c3ccc(OCc4ccc(F)cc4)cc3)n2)cc1. The van der Waals surface area contributed by atoms with Crippen molar-refractivity contribution in [2.45, 2.75) is 13.0 Å². The first-order valence-electron chi connectivity index (χ1n) is 10.4. The second-order valence-corrected chi connectivity index (χ2v) is 8.19. The first kappa shape index (κ1) is 22.5. The van der Waals surface area contributed by atoms with Crippen LogP contribution in [-0.4, -0.2) is 24.5 Å². The van der Waals surface area contributed by atoms with Crippen LogP contribution in [0.15, 0.2) is 78.2 Å². The molecule has 3 aromatic carbocycles. The fourth-order valence-electron chi connectivity index (χ4n) is 3.15. The van der Waals surface area contributed by atoms with E-state index in [2.05, 4.69) is 10.3 Å². The second-order valence-electron chi connectivity index (χ2n) is 7.33. The highest BCUT2D eigenvalue weighted by atomic mass is 32.1. The smallest absolute Gasteiger partial charge is 0.270 e. The van der Waals surface area contributed by atoms with Crippen molar-refractivity contribution in [2.75, 3.05) is 13.7 Å². The average molecular weight is 463 g/mol. The molecule has 5 nitrogen and oxygen atoms in total. The van der Waals surface area contributed by atoms with E-state index in [1.54, 1.807) is 24.6 Å². The second kappa shape index (κ2) is 10.7. The lowest BCUT2D eigenvalue weighted by Gasteiger charge is -2.07. The maximum atomic E-state index is 13.0. The van der Waals surface area contributed by atoms with Crippen molar-refractivity contribution < 1.29 is 18.7 Å². The lowest BCUT2D eigenvalue weighted by atomic mass is 10.1. The number of hydrogen-bond acceptors (Lipinski definition) is 5. The molecule has 4 aromatic rings. The molecule has 0 fully saturated rings. The Hall–Kier alpha value is -3.71. The highest BCUT2D eigenvalue weighted by Crippen LogP contribution is 2.26. The third-order valence-corrected chi connectivity index (χ3v) is 5.91. The zero-order valence-electron chi connectivity index (χ0n) is 18.1. The summed E-state index contributed by atoms with van der Waals surface area (Å²) in [5.41, 5.74) is 3.33. The highest BCUT2D eigenvalue weighted by molar-refractivity contribution is 7.13. The quantitative estimate of drug-likeness (QED) is 0.356. The number of nitrogens with one attached hydrogen (secondary N) is 1. The molecule has 0 unspecified atom stereocenters. The molecule has 0 aliphatic carbocycles. The maximum Gasteiger partial charge on any atom is 0.270 e. The van der Waals surface area contributed by atoms with E-state index in [9.17, 15) is 9.18 Å². The number of ether oxygens (including phenoxy) is 2. The molecule has 0 aliphatic heterocycles. The molecule has 0 spiro atoms. The van der Waals surface area contributed by atoms with Crippen LogP contribution >= 0.6 is 11.3 Å². The molecule has 0 atom stereocenters. The van der Waals surface area contributed by atoms with Crippen molar-refractivity contribution in [1.29, 1.82) is 0 Å². The van der Waals surface area contributed by atoms with Gasteiger partial charge >= 0.3 is 0 Å². The fourth-order valence-corrected chi connectivity index (χ4v) is 3.96. The minimum absolute atomic E-state index is 0.190. The molecule has 4 rings (SSSR count). The van der Waals surface area contributed by atoms with Gasteiger partial charge in [0.1, 0.15) is 34.6 Å². The number of halogens is 1. The third-order valence-electron chi connectivity index (χ3n) is 5.02. The van der Waals surface area contributed by atoms with Crippen LogP contribution in [0.2, 0.25) is 0 Å². The number of methoxy groups -OCH3 is 1. The Labute approximate surface area is 195 Å². The molecule has 0 radical (unpaired) electrons. The van der Waals surface area contributed by atoms with Gasteiger partial charge in [0.05, 0.1) is 7.11 Å². The Balaban J connectivity index is 1.28. The van der Waals surface area contributed by atoms with Gasteiger partial charge in [-0.1, -0.05) is 24.3 Å². The van der Waals surface area contributed by atoms with E-state index < -0.39 is 0 Å². The van der Waals surface area contributed by atoms with Crippen molar-refractivity contribution >= 4 is 17.2 Å². The van der Waals surface area contributed by atoms with Crippen molar-refractivity contribution in [3.8, 4) is 22.1 Å². The van der Waals surface area contributed by atoms with E-state index in [0.717, 1.165) is 33.9 Å². The lowest BCUT2D eigenvalue weighted by molar-refractivity contribution is 0.0950. The highest BCUT2D eigenvalue weighted by Gasteiger charge is 2.12. The minimum Gasteiger partial charge on any atom is -0.497 e. The van der Waals surface area contributed by atoms with Crippen LogP contribution in [0.4, 0.5) is 4.39 Å². The monoisotopic (exact) mass is 462 g/mol. The molecule has 0 saturated heterocycles. The number of benzene rings is 3. The van der Waals surface area contributed by atoms with E-state index in [-0.39, 0.29) is 11.7 Å². The molecular formula is C26H23FN2O3S. The van der Waals surface area contributed by atoms with Gasteiger partial charge in [-0.2, -0.15) is 0 Å². The molecule has 0 saturated carbocycles. The largest absolute Gasteiger partial charge is 0.497 e. The summed E-state index contributed by atoms with van der Waals surface area (Å²) in [6.07, 6.45) is 0.728. The van der Waals surface area contributed by atoms with Gasteiger partial charge in [-0.05, 0) is 66.1 Å². The van der Waals surface area contributed by atoms with Crippen LogP contribution in [0.1, 0.15) is 21.6 Å². The van der Waals surface area contributed by atoms with E-state index in [1.807, 2.05) is 48.5 Å². The van der Waals surface area contributed by atoms with E-state index in [1.165, 1.54) is 23.5 Å². The van der Waals surface area contributed by atoms with E-state index in [4.69, 9.17) is 9.47 Å². The molecule has 1 aromatic heterocycles. The molecule has 0 bridgehead atoms. The third kappa shape index (κ3) is 6.17. The van der Waals surface area contributed by atoms with Crippen molar-refractivity contribution in [2.24, 2.45) is 0 Å². The number of nitrogens with zero attached hydrogens (tertiary/aromatic N) is 1. The maximum absolute atomic E-state index is 13.0. The van der Waals surface area contributed by atoms with Crippen molar-refractivity contribution in [3.63, 3.8) is 0 Å². The zero-order chi connectivity index (χ0) is 23.0. The van der Waals surface area contributed by atoms with Gasteiger partial charge in [-0.25, -0.2) is 9.37 Å². The summed E-state index contributed by atoms with van der Waals surface area (Å²) in [6, 6.07) is 21.5. The topological polar surface area (TPSA) is 60.5 Å². The summed E-state index contributed by atoms with van der Waals surface area (Å²) in [4.78, 5) is 16.9. The van der Waals surface area contributed by atoms with Crippen LogP contribution in [0, 0.1) is 5.82 Å². The molecular weight excluding hydrogens is 439 g/mol. The minimum atomic E-state index is -0.267. The average Bonchev–Trinajstić information content (AvgIpc) is 3.35. The number of carbonyl (C=O) groups excluding carboxylic acids is 1. The van der Waals surface area contributed by atoms with Gasteiger partial charge in [0, 0.05) is 17.5 Å². The van der Waals surface area contributed by atoms with Crippen LogP contribution < -0.4 is 14.8 Å². The number of rotatable bonds is 9. The Bertz CT molecular complexity index is 1190. The Kier molecular flexibility index (Phi) is 7.32. The number of aromatic nitrogens is 1. The van der Waals surface area contributed by atoms with Crippen LogP contribution in [0.25, 0.3) is 10.6 Å². The summed E-state index contributed by atoms with van der Waals surface area (Å²) in [7, 11) is 1.63. The molecule has 33 heavy (non-hydrogen) atoms. The van der Waals surface area contributed by atoms with Gasteiger partial charge in [0.25, 0.3) is 5.91 Å². The molecule has 1 amide bonds. The molecule has 168 valence electrons. The molecule has 7 heteroatoms. The Morgan fingerprint density at radius 3 is 2.30 bits per heavy atom. The summed E-state index contributed by atoms with van der Waals surface area (Å²) in [6.45, 7) is 0.885. The first-order chi connectivity index (χ1) is 16.1. The van der Waals surface area contributed by atoms with Gasteiger partial charge in [-0.3, -0.25) is 4.79 Å². The van der Waals surface area contributed by atoms with E-state index in [0.29, 0.717) is 24.6 Å². The van der Waals surface area contributed by atoms with Crippen LogP contribution in [0.5, 0.6) is 11.5 Å². The fraction of sp³-hybridized carbons (Fsp3) is 0.154. The van der Waals surface area contributed by atoms with Crippen molar-refractivity contribution in [3.05, 3.63) is 101 Å². The molecule has 1 N–H and O–H groups in total. The predicted octanol–water partition coefficient (Wildman–Crippen LogP) is 5.51. The Morgan fingerprint density at radius 1 is 0.939 bits per heavy atom. The van der Waals surface area contributed by atoms with Gasteiger partial charge in [0.15, 0.2) is 0 Å². The van der Waals surface area contributed by atoms with Gasteiger partial charge in [-0.15, -0.1) is 11.3 Å². The van der Waals surface area contributed by atoms with Crippen molar-refractivity contribution in [1.82, 2.24) is 10.3 Å². The zero-order valence-corrected chi connectivity index (χ0v) is 18.9. The van der Waals surface area contributed by atoms with Gasteiger partial charge < -0.3 is 14.8 Å². The summed E-state index contributed by atoms with van der Waals surface area (Å²) >= 11 is 1.42. The molecule has 1 heterocycles. The molecule has 0 aliphatic rings. The normalized spacial score (nSPS) is 10.6. The van der Waals surface area contributed by atoms with Crippen LogP contribution in [-0.2, 0) is 13.0 Å². The lowest BCUT2D eigenvalue weighted by Crippen LogP contribution is -2.25. The van der Waals surface area contributed by atoms with Crippen LogP contribution in [0.3, 0.4) is 0 Å². The first-order valence-corrected chi connectivity index (χ1v) is 11.3. The summed E-state index contributed by atoms with van der Waals surface area (Å²) in [5.74, 6) is 1.06. The van der Waals surface area contributed by atoms with E-state index >= 15 is 0 Å². The predicted molar refractivity (Wildman–Crippen MR) is 127 cm³/mol.